The Kier molecular flexibility index (Phi) is 9.77. The molecule has 2 heterocycles. The van der Waals surface area contributed by atoms with Gasteiger partial charge in [0.15, 0.2) is 16.3 Å². The SMILES string of the molecule is CCCCOc1ccc(C2C(C(=O)OCC(C)C)=C(C)N=c3sc(=Cc4ccc(Cl)cc4Cl)c(=O)n32)cc1OC. The lowest BCUT2D eigenvalue weighted by Crippen LogP contribution is -2.40. The Labute approximate surface area is 247 Å². The van der Waals surface area contributed by atoms with E-state index in [2.05, 4.69) is 11.9 Å². The normalized spacial score (nSPS) is 15.2. The van der Waals surface area contributed by atoms with Crippen LogP contribution in [0.4, 0.5) is 0 Å². The van der Waals surface area contributed by atoms with Gasteiger partial charge in [0, 0.05) is 10.0 Å². The number of esters is 1. The summed E-state index contributed by atoms with van der Waals surface area (Å²) in [6.45, 7) is 8.58. The van der Waals surface area contributed by atoms with E-state index in [0.29, 0.717) is 59.9 Å². The molecule has 1 aliphatic heterocycles. The summed E-state index contributed by atoms with van der Waals surface area (Å²) in [6.07, 6.45) is 3.62. The lowest BCUT2D eigenvalue weighted by Gasteiger charge is -2.25. The number of hydrogen-bond donors (Lipinski definition) is 0. The van der Waals surface area contributed by atoms with Crippen molar-refractivity contribution in [3.8, 4) is 11.5 Å². The Morgan fingerprint density at radius 2 is 1.95 bits per heavy atom. The standard InChI is InChI=1S/C30H32Cl2N2O5S/c1-6-7-12-38-23-11-9-20(13-24(23)37-5)27-26(29(36)39-16-17(2)3)18(4)33-30-34(27)28(35)25(40-30)14-19-8-10-21(31)15-22(19)32/h8-11,13-15,17,27H,6-7,12,16H2,1-5H3. The lowest BCUT2D eigenvalue weighted by atomic mass is 9.95. The van der Waals surface area contributed by atoms with Crippen LogP contribution in [-0.2, 0) is 9.53 Å². The molecule has 0 fully saturated rings. The molecule has 1 atom stereocenters. The number of carbonyl (C=O) groups excluding carboxylic acids is 1. The molecular formula is C30H32Cl2N2O5S. The van der Waals surface area contributed by atoms with Gasteiger partial charge in [-0.3, -0.25) is 9.36 Å². The van der Waals surface area contributed by atoms with Crippen LogP contribution in [-0.4, -0.2) is 30.9 Å². The number of ether oxygens (including phenoxy) is 3. The van der Waals surface area contributed by atoms with Gasteiger partial charge in [0.25, 0.3) is 5.56 Å². The van der Waals surface area contributed by atoms with Crippen LogP contribution in [0.1, 0.15) is 57.7 Å². The van der Waals surface area contributed by atoms with Crippen LogP contribution in [0.3, 0.4) is 0 Å². The van der Waals surface area contributed by atoms with Gasteiger partial charge in [-0.2, -0.15) is 0 Å². The third-order valence-corrected chi connectivity index (χ3v) is 7.84. The van der Waals surface area contributed by atoms with Crippen molar-refractivity contribution in [1.82, 2.24) is 4.57 Å². The maximum atomic E-state index is 13.9. The number of aromatic nitrogens is 1. The maximum absolute atomic E-state index is 13.9. The molecule has 0 saturated carbocycles. The largest absolute Gasteiger partial charge is 0.493 e. The zero-order chi connectivity index (χ0) is 29.0. The number of nitrogens with zero attached hydrogens (tertiary/aromatic N) is 2. The first kappa shape index (κ1) is 29.9. The average molecular weight is 604 g/mol. The second-order valence-corrected chi connectivity index (χ2v) is 11.7. The minimum Gasteiger partial charge on any atom is -0.493 e. The molecule has 1 aliphatic rings. The third kappa shape index (κ3) is 6.45. The smallest absolute Gasteiger partial charge is 0.338 e. The van der Waals surface area contributed by atoms with Gasteiger partial charge in [0.1, 0.15) is 0 Å². The Balaban J connectivity index is 1.89. The molecule has 212 valence electrons. The predicted molar refractivity (Wildman–Crippen MR) is 159 cm³/mol. The van der Waals surface area contributed by atoms with Gasteiger partial charge in [0.2, 0.25) is 0 Å². The first-order chi connectivity index (χ1) is 19.1. The van der Waals surface area contributed by atoms with Gasteiger partial charge < -0.3 is 14.2 Å². The fourth-order valence-corrected chi connectivity index (χ4v) is 5.78. The summed E-state index contributed by atoms with van der Waals surface area (Å²) in [5, 5.41) is 0.923. The van der Waals surface area contributed by atoms with E-state index in [1.807, 2.05) is 19.9 Å². The molecule has 3 aromatic rings. The predicted octanol–water partition coefficient (Wildman–Crippen LogP) is 5.93. The van der Waals surface area contributed by atoms with Crippen LogP contribution in [0.25, 0.3) is 6.08 Å². The number of unbranched alkanes of at least 4 members (excludes halogenated alkanes) is 1. The molecule has 0 spiro atoms. The van der Waals surface area contributed by atoms with Gasteiger partial charge in [-0.1, -0.05) is 73.9 Å². The van der Waals surface area contributed by atoms with Gasteiger partial charge in [-0.05, 0) is 60.7 Å². The van der Waals surface area contributed by atoms with Crippen LogP contribution >= 0.6 is 34.5 Å². The monoisotopic (exact) mass is 602 g/mol. The molecule has 2 aromatic carbocycles. The van der Waals surface area contributed by atoms with E-state index in [1.54, 1.807) is 50.4 Å². The number of allylic oxidation sites excluding steroid dienone is 1. The topological polar surface area (TPSA) is 79.1 Å². The first-order valence-corrected chi connectivity index (χ1v) is 14.7. The highest BCUT2D eigenvalue weighted by atomic mass is 35.5. The average Bonchev–Trinajstić information content (AvgIpc) is 3.22. The van der Waals surface area contributed by atoms with Crippen molar-refractivity contribution < 1.29 is 19.0 Å². The fraction of sp³-hybridized carbons (Fsp3) is 0.367. The van der Waals surface area contributed by atoms with Crippen molar-refractivity contribution in [2.75, 3.05) is 20.3 Å². The van der Waals surface area contributed by atoms with Crippen LogP contribution in [0.5, 0.6) is 11.5 Å². The van der Waals surface area contributed by atoms with E-state index in [-0.39, 0.29) is 18.1 Å². The van der Waals surface area contributed by atoms with E-state index in [4.69, 9.17) is 37.4 Å². The summed E-state index contributed by atoms with van der Waals surface area (Å²) < 4.78 is 19.1. The van der Waals surface area contributed by atoms with Crippen molar-refractivity contribution in [1.29, 1.82) is 0 Å². The minimum atomic E-state index is -0.780. The van der Waals surface area contributed by atoms with Gasteiger partial charge in [-0.15, -0.1) is 0 Å². The van der Waals surface area contributed by atoms with Crippen molar-refractivity contribution in [2.24, 2.45) is 10.9 Å². The number of thiazole rings is 1. The van der Waals surface area contributed by atoms with Gasteiger partial charge in [-0.25, -0.2) is 9.79 Å². The molecule has 1 unspecified atom stereocenters. The summed E-state index contributed by atoms with van der Waals surface area (Å²) in [4.78, 5) is 32.5. The molecule has 0 N–H and O–H groups in total. The Morgan fingerprint density at radius 3 is 2.62 bits per heavy atom. The number of hydrogen-bond acceptors (Lipinski definition) is 7. The molecule has 0 amide bonds. The zero-order valence-electron chi connectivity index (χ0n) is 23.1. The molecule has 4 rings (SSSR count). The minimum absolute atomic E-state index is 0.147. The Morgan fingerprint density at radius 1 is 1.18 bits per heavy atom. The fourth-order valence-electron chi connectivity index (χ4n) is 4.28. The summed E-state index contributed by atoms with van der Waals surface area (Å²) in [5.74, 6) is 0.729. The van der Waals surface area contributed by atoms with E-state index in [0.717, 1.165) is 12.8 Å². The van der Waals surface area contributed by atoms with Crippen LogP contribution in [0, 0.1) is 5.92 Å². The summed E-state index contributed by atoms with van der Waals surface area (Å²) in [7, 11) is 1.56. The molecule has 1 aromatic heterocycles. The molecule has 0 aliphatic carbocycles. The highest BCUT2D eigenvalue weighted by Crippen LogP contribution is 2.36. The molecule has 0 bridgehead atoms. The zero-order valence-corrected chi connectivity index (χ0v) is 25.5. The van der Waals surface area contributed by atoms with Gasteiger partial charge >= 0.3 is 5.97 Å². The van der Waals surface area contributed by atoms with Crippen molar-refractivity contribution in [3.63, 3.8) is 0 Å². The molecule has 40 heavy (non-hydrogen) atoms. The Bertz CT molecular complexity index is 1620. The number of rotatable bonds is 10. The second-order valence-electron chi connectivity index (χ2n) is 9.85. The molecule has 7 nitrogen and oxygen atoms in total. The number of carbonyl (C=O) groups is 1. The highest BCUT2D eigenvalue weighted by molar-refractivity contribution is 7.07. The molecule has 10 heteroatoms. The highest BCUT2D eigenvalue weighted by Gasteiger charge is 2.34. The maximum Gasteiger partial charge on any atom is 0.338 e. The van der Waals surface area contributed by atoms with E-state index in [1.165, 1.54) is 15.9 Å². The van der Waals surface area contributed by atoms with Crippen LogP contribution in [0.2, 0.25) is 10.0 Å². The van der Waals surface area contributed by atoms with Gasteiger partial charge in [0.05, 0.1) is 42.2 Å². The number of fused-ring (bicyclic) bond motifs is 1. The van der Waals surface area contributed by atoms with Crippen molar-refractivity contribution in [2.45, 2.75) is 46.6 Å². The van der Waals surface area contributed by atoms with Crippen LogP contribution < -0.4 is 24.4 Å². The molecular weight excluding hydrogens is 571 g/mol. The van der Waals surface area contributed by atoms with Crippen molar-refractivity contribution in [3.05, 3.63) is 88.5 Å². The molecule has 0 radical (unpaired) electrons. The third-order valence-electron chi connectivity index (χ3n) is 6.30. The summed E-state index contributed by atoms with van der Waals surface area (Å²) in [6, 6.07) is 9.75. The number of benzene rings is 2. The van der Waals surface area contributed by atoms with E-state index < -0.39 is 12.0 Å². The Hall–Kier alpha value is -3.07. The number of methoxy groups -OCH3 is 1. The quantitative estimate of drug-likeness (QED) is 0.212. The summed E-state index contributed by atoms with van der Waals surface area (Å²) in [5.41, 5.74) is 1.80. The number of halogens is 2. The first-order valence-electron chi connectivity index (χ1n) is 13.1. The van der Waals surface area contributed by atoms with Crippen LogP contribution in [0.15, 0.2) is 57.5 Å². The van der Waals surface area contributed by atoms with E-state index in [9.17, 15) is 9.59 Å². The van der Waals surface area contributed by atoms with Crippen molar-refractivity contribution >= 4 is 46.6 Å². The molecule has 0 saturated heterocycles. The summed E-state index contributed by atoms with van der Waals surface area (Å²) >= 11 is 13.7. The second kappa shape index (κ2) is 13.1. The van der Waals surface area contributed by atoms with E-state index >= 15 is 0 Å². The lowest BCUT2D eigenvalue weighted by molar-refractivity contribution is -0.140.